The number of carboxylic acids is 1. The highest BCUT2D eigenvalue weighted by atomic mass is 32.1. The number of hydrogen-bond donors (Lipinski definition) is 3. The van der Waals surface area contributed by atoms with Gasteiger partial charge in [-0.3, -0.25) is 9.78 Å². The second-order valence-electron chi connectivity index (χ2n) is 8.83. The Hall–Kier alpha value is -4.07. The molecule has 186 valence electrons. The van der Waals surface area contributed by atoms with Crippen LogP contribution in [0.3, 0.4) is 0 Å². The van der Waals surface area contributed by atoms with E-state index in [4.69, 9.17) is 15.1 Å². The highest BCUT2D eigenvalue weighted by molar-refractivity contribution is 7.10. The molecule has 0 amide bonds. The highest BCUT2D eigenvalue weighted by Gasteiger charge is 2.12. The van der Waals surface area contributed by atoms with Crippen LogP contribution in [-0.2, 0) is 24.2 Å². The summed E-state index contributed by atoms with van der Waals surface area (Å²) in [4.78, 5) is 20.6. The van der Waals surface area contributed by atoms with E-state index in [1.165, 1.54) is 5.56 Å². The molecule has 2 aromatic heterocycles. The van der Waals surface area contributed by atoms with Gasteiger partial charge in [-0.15, -0.1) is 11.3 Å². The Morgan fingerprint density at radius 2 is 1.70 bits per heavy atom. The van der Waals surface area contributed by atoms with Gasteiger partial charge in [-0.2, -0.15) is 0 Å². The van der Waals surface area contributed by atoms with E-state index in [1.54, 1.807) is 11.3 Å². The number of carboxylic acid groups (broad SMARTS) is 1. The molecule has 5 aromatic rings. The average molecular weight is 509 g/mol. The molecule has 0 saturated heterocycles. The molecule has 2 heterocycles. The predicted molar refractivity (Wildman–Crippen MR) is 150 cm³/mol. The van der Waals surface area contributed by atoms with Crippen molar-refractivity contribution >= 4 is 33.9 Å². The highest BCUT2D eigenvalue weighted by Crippen LogP contribution is 2.26. The van der Waals surface area contributed by atoms with E-state index in [1.807, 2.05) is 30.3 Å². The first kappa shape index (κ1) is 24.6. The van der Waals surface area contributed by atoms with Gasteiger partial charge in [0.05, 0.1) is 28.5 Å². The van der Waals surface area contributed by atoms with Gasteiger partial charge in [0.15, 0.2) is 0 Å². The topological polar surface area (TPSA) is 87.1 Å². The van der Waals surface area contributed by atoms with E-state index >= 15 is 0 Å². The minimum atomic E-state index is -0.885. The van der Waals surface area contributed by atoms with Crippen LogP contribution in [-0.4, -0.2) is 34.1 Å². The first-order chi connectivity index (χ1) is 18.1. The summed E-state index contributed by atoms with van der Waals surface area (Å²) >= 11 is 1.63. The second kappa shape index (κ2) is 11.8. The summed E-state index contributed by atoms with van der Waals surface area (Å²) in [5, 5.41) is 19.6. The maximum Gasteiger partial charge on any atom is 0.317 e. The lowest BCUT2D eigenvalue weighted by molar-refractivity contribution is -0.136. The minimum absolute atomic E-state index is 0.105. The molecule has 0 aliphatic heterocycles. The first-order valence-corrected chi connectivity index (χ1v) is 13.1. The molecule has 37 heavy (non-hydrogen) atoms. The number of nitrogens with one attached hydrogen (secondary N) is 2. The van der Waals surface area contributed by atoms with Crippen LogP contribution >= 0.6 is 11.3 Å². The summed E-state index contributed by atoms with van der Waals surface area (Å²) in [6.07, 6.45) is 1.63. The third kappa shape index (κ3) is 6.58. The molecule has 7 heteroatoms. The minimum Gasteiger partial charge on any atom is -0.480 e. The van der Waals surface area contributed by atoms with Crippen LogP contribution in [0.25, 0.3) is 22.2 Å². The van der Waals surface area contributed by atoms with Gasteiger partial charge in [-0.1, -0.05) is 60.7 Å². The van der Waals surface area contributed by atoms with Gasteiger partial charge in [-0.25, -0.2) is 4.98 Å². The maximum atomic E-state index is 11.0. The number of nitrogens with zero attached hydrogens (tertiary/aromatic N) is 2. The number of rotatable bonds is 11. The van der Waals surface area contributed by atoms with E-state index < -0.39 is 5.97 Å². The zero-order valence-corrected chi connectivity index (χ0v) is 21.2. The summed E-state index contributed by atoms with van der Waals surface area (Å²) in [5.41, 5.74) is 7.25. The zero-order chi connectivity index (χ0) is 25.5. The van der Waals surface area contributed by atoms with Crippen LogP contribution in [0.15, 0.2) is 90.3 Å². The van der Waals surface area contributed by atoms with E-state index in [9.17, 15) is 4.79 Å². The Balaban J connectivity index is 1.26. The second-order valence-corrected chi connectivity index (χ2v) is 9.77. The zero-order valence-electron chi connectivity index (χ0n) is 20.4. The lowest BCUT2D eigenvalue weighted by atomic mass is 10.1. The normalized spacial score (nSPS) is 11.0. The molecule has 0 fully saturated rings. The number of thiazole rings is 1. The fraction of sp³-hybridized carbons (Fsp3) is 0.167. The quantitative estimate of drug-likeness (QED) is 0.210. The largest absolute Gasteiger partial charge is 0.480 e. The average Bonchev–Trinajstić information content (AvgIpc) is 3.38. The number of aromatic nitrogens is 2. The molecule has 5 rings (SSSR count). The molecule has 0 spiro atoms. The van der Waals surface area contributed by atoms with Crippen LogP contribution in [0.1, 0.15) is 21.8 Å². The fourth-order valence-electron chi connectivity index (χ4n) is 4.24. The summed E-state index contributed by atoms with van der Waals surface area (Å²) in [6.45, 7) is 1.17. The van der Waals surface area contributed by atoms with Crippen molar-refractivity contribution in [2.75, 3.05) is 18.4 Å². The van der Waals surface area contributed by atoms with Gasteiger partial charge in [-0.05, 0) is 41.8 Å². The van der Waals surface area contributed by atoms with Gasteiger partial charge in [0, 0.05) is 41.5 Å². The molecule has 6 nitrogen and oxygen atoms in total. The van der Waals surface area contributed by atoms with Crippen LogP contribution < -0.4 is 10.6 Å². The molecule has 0 saturated carbocycles. The summed E-state index contributed by atoms with van der Waals surface area (Å²) in [7, 11) is 0. The van der Waals surface area contributed by atoms with Crippen molar-refractivity contribution in [1.29, 1.82) is 0 Å². The van der Waals surface area contributed by atoms with Crippen LogP contribution in [0.4, 0.5) is 5.69 Å². The first-order valence-electron chi connectivity index (χ1n) is 12.3. The van der Waals surface area contributed by atoms with E-state index in [2.05, 4.69) is 70.6 Å². The number of anilines is 1. The van der Waals surface area contributed by atoms with Crippen molar-refractivity contribution < 1.29 is 9.90 Å². The van der Waals surface area contributed by atoms with Crippen molar-refractivity contribution in [3.63, 3.8) is 0 Å². The Labute approximate surface area is 220 Å². The molecule has 0 aliphatic rings. The molecular weight excluding hydrogens is 480 g/mol. The third-order valence-corrected chi connectivity index (χ3v) is 6.97. The van der Waals surface area contributed by atoms with Crippen LogP contribution in [0.2, 0.25) is 0 Å². The number of benzene rings is 3. The SMILES string of the molecule is O=C(O)CNCc1nc2ccccc2cc1Cc1nc(-c2ccc(NCCc3ccccc3)cc2)cs1. The molecule has 0 unspecified atom stereocenters. The number of fused-ring (bicyclic) bond motifs is 1. The lowest BCUT2D eigenvalue weighted by Gasteiger charge is -2.10. The molecule has 3 N–H and O–H groups in total. The van der Waals surface area contributed by atoms with Gasteiger partial charge in [0.2, 0.25) is 0 Å². The van der Waals surface area contributed by atoms with Crippen molar-refractivity contribution in [1.82, 2.24) is 15.3 Å². The van der Waals surface area contributed by atoms with E-state index in [-0.39, 0.29) is 6.54 Å². The summed E-state index contributed by atoms with van der Waals surface area (Å²) in [5.74, 6) is -0.885. The Bertz CT molecular complexity index is 1480. The van der Waals surface area contributed by atoms with Crippen molar-refractivity contribution in [3.8, 4) is 11.3 Å². The molecule has 0 aliphatic carbocycles. The Kier molecular flexibility index (Phi) is 7.84. The van der Waals surface area contributed by atoms with Crippen LogP contribution in [0, 0.1) is 0 Å². The van der Waals surface area contributed by atoms with Crippen molar-refractivity contribution in [2.45, 2.75) is 19.4 Å². The van der Waals surface area contributed by atoms with Crippen molar-refractivity contribution in [3.05, 3.63) is 112 Å². The molecule has 0 atom stereocenters. The van der Waals surface area contributed by atoms with Gasteiger partial charge in [0.1, 0.15) is 0 Å². The van der Waals surface area contributed by atoms with Crippen LogP contribution in [0.5, 0.6) is 0 Å². The van der Waals surface area contributed by atoms with E-state index in [0.29, 0.717) is 13.0 Å². The van der Waals surface area contributed by atoms with Gasteiger partial charge >= 0.3 is 5.97 Å². The molecule has 3 aromatic carbocycles. The Morgan fingerprint density at radius 1 is 0.919 bits per heavy atom. The number of para-hydroxylation sites is 1. The predicted octanol–water partition coefficient (Wildman–Crippen LogP) is 5.78. The smallest absolute Gasteiger partial charge is 0.317 e. The Morgan fingerprint density at radius 3 is 2.51 bits per heavy atom. The molecular formula is C30H28N4O2S. The number of aliphatic carboxylic acids is 1. The van der Waals surface area contributed by atoms with Crippen molar-refractivity contribution in [2.24, 2.45) is 0 Å². The molecule has 0 radical (unpaired) electrons. The summed E-state index contributed by atoms with van der Waals surface area (Å²) in [6, 6.07) is 29.0. The van der Waals surface area contributed by atoms with E-state index in [0.717, 1.165) is 57.1 Å². The summed E-state index contributed by atoms with van der Waals surface area (Å²) < 4.78 is 0. The van der Waals surface area contributed by atoms with Gasteiger partial charge < -0.3 is 15.7 Å². The lowest BCUT2D eigenvalue weighted by Crippen LogP contribution is -2.23. The van der Waals surface area contributed by atoms with Gasteiger partial charge in [0.25, 0.3) is 0 Å². The fourth-order valence-corrected chi connectivity index (χ4v) is 5.06. The number of hydrogen-bond acceptors (Lipinski definition) is 6. The monoisotopic (exact) mass is 508 g/mol. The molecule has 0 bridgehead atoms. The standard InChI is InChI=1S/C30H28N4O2S/c35-30(36)19-31-18-27-24(16-23-8-4-5-9-26(23)33-27)17-29-34-28(20-37-29)22-10-12-25(13-11-22)32-15-14-21-6-2-1-3-7-21/h1-13,16,20,31-32H,14-15,17-19H2,(H,35,36). The number of pyridine rings is 1. The maximum absolute atomic E-state index is 11.0. The number of carbonyl (C=O) groups is 1. The third-order valence-electron chi connectivity index (χ3n) is 6.12.